The first-order chi connectivity index (χ1) is 9.82. The fourth-order valence-electron chi connectivity index (χ4n) is 1.88. The summed E-state index contributed by atoms with van der Waals surface area (Å²) in [5, 5.41) is 3.03. The predicted octanol–water partition coefficient (Wildman–Crippen LogP) is 2.52. The number of rotatable bonds is 9. The smallest absolute Gasteiger partial charge is 0.245 e. The van der Waals surface area contributed by atoms with E-state index in [1.165, 1.54) is 15.6 Å². The predicted molar refractivity (Wildman–Crippen MR) is 90.3 cm³/mol. The lowest BCUT2D eigenvalue weighted by Crippen LogP contribution is -2.36. The van der Waals surface area contributed by atoms with E-state index in [9.17, 15) is 8.42 Å². The molecule has 1 N–H and O–H groups in total. The first-order valence-electron chi connectivity index (χ1n) is 6.74. The maximum Gasteiger partial charge on any atom is 0.245 e. The van der Waals surface area contributed by atoms with Gasteiger partial charge in [0.15, 0.2) is 0 Å². The van der Waals surface area contributed by atoms with Gasteiger partial charge in [-0.3, -0.25) is 0 Å². The van der Waals surface area contributed by atoms with E-state index in [1.54, 1.807) is 13.2 Å². The van der Waals surface area contributed by atoms with Gasteiger partial charge in [-0.05, 0) is 35.0 Å². The number of ether oxygens (including phenoxy) is 1. The summed E-state index contributed by atoms with van der Waals surface area (Å²) in [5.41, 5.74) is 0. The maximum absolute atomic E-state index is 12.8. The van der Waals surface area contributed by atoms with Crippen molar-refractivity contribution in [2.45, 2.75) is 25.3 Å². The Balaban J connectivity index is 3.09. The molecule has 1 aromatic heterocycles. The van der Waals surface area contributed by atoms with Gasteiger partial charge in [0.2, 0.25) is 10.0 Å². The summed E-state index contributed by atoms with van der Waals surface area (Å²) in [4.78, 5) is 1.33. The Bertz CT molecular complexity index is 544. The molecule has 0 amide bonds. The highest BCUT2D eigenvalue weighted by atomic mass is 79.9. The van der Waals surface area contributed by atoms with E-state index in [2.05, 4.69) is 21.2 Å². The Labute approximate surface area is 139 Å². The van der Waals surface area contributed by atoms with Crippen molar-refractivity contribution in [3.63, 3.8) is 0 Å². The molecule has 21 heavy (non-hydrogen) atoms. The second-order valence-corrected chi connectivity index (χ2v) is 9.49. The van der Waals surface area contributed by atoms with Crippen molar-refractivity contribution in [1.29, 1.82) is 0 Å². The zero-order valence-corrected chi connectivity index (χ0v) is 16.1. The first-order valence-corrected chi connectivity index (χ1v) is 9.79. The van der Waals surface area contributed by atoms with Crippen LogP contribution in [0.15, 0.2) is 14.7 Å². The van der Waals surface area contributed by atoms with Gasteiger partial charge in [-0.1, -0.05) is 13.8 Å². The topological polar surface area (TPSA) is 58.6 Å². The monoisotopic (exact) mass is 398 g/mol. The van der Waals surface area contributed by atoms with Crippen molar-refractivity contribution >= 4 is 37.3 Å². The normalized spacial score (nSPS) is 12.5. The lowest BCUT2D eigenvalue weighted by Gasteiger charge is -2.23. The quantitative estimate of drug-likeness (QED) is 0.693. The van der Waals surface area contributed by atoms with Crippen molar-refractivity contribution < 1.29 is 13.2 Å². The van der Waals surface area contributed by atoms with Crippen molar-refractivity contribution in [1.82, 2.24) is 9.62 Å². The molecule has 0 saturated heterocycles. The molecule has 0 fully saturated rings. The Morgan fingerprint density at radius 3 is 2.67 bits per heavy atom. The Hall–Kier alpha value is 0.01000. The van der Waals surface area contributed by atoms with Gasteiger partial charge in [-0.2, -0.15) is 4.31 Å². The average Bonchev–Trinajstić information content (AvgIpc) is 2.76. The molecule has 0 saturated carbocycles. The fraction of sp³-hybridized carbons (Fsp3) is 0.692. The van der Waals surface area contributed by atoms with E-state index in [4.69, 9.17) is 4.74 Å². The van der Waals surface area contributed by atoms with Gasteiger partial charge in [-0.15, -0.1) is 11.3 Å². The molecule has 0 spiro atoms. The third kappa shape index (κ3) is 5.30. The lowest BCUT2D eigenvalue weighted by atomic mass is 10.2. The van der Waals surface area contributed by atoms with Gasteiger partial charge >= 0.3 is 0 Å². The number of hydrogen-bond donors (Lipinski definition) is 1. The Morgan fingerprint density at radius 1 is 1.48 bits per heavy atom. The number of nitrogens with one attached hydrogen (secondary N) is 1. The van der Waals surface area contributed by atoms with E-state index in [-0.39, 0.29) is 5.92 Å². The second-order valence-electron chi connectivity index (χ2n) is 5.13. The summed E-state index contributed by atoms with van der Waals surface area (Å²) in [6.45, 7) is 5.89. The van der Waals surface area contributed by atoms with Crippen LogP contribution >= 0.6 is 27.3 Å². The van der Waals surface area contributed by atoms with E-state index < -0.39 is 10.0 Å². The number of nitrogens with zero attached hydrogens (tertiary/aromatic N) is 1. The zero-order valence-electron chi connectivity index (χ0n) is 12.8. The summed E-state index contributed by atoms with van der Waals surface area (Å²) in [7, 11) is -0.0936. The van der Waals surface area contributed by atoms with Crippen LogP contribution in [0.3, 0.4) is 0 Å². The molecular formula is C13H23BrN2O3S2. The van der Waals surface area contributed by atoms with Crippen LogP contribution in [0.4, 0.5) is 0 Å². The summed E-state index contributed by atoms with van der Waals surface area (Å²) < 4.78 is 32.9. The van der Waals surface area contributed by atoms with Gasteiger partial charge in [0.05, 0.1) is 10.4 Å². The third-order valence-electron chi connectivity index (χ3n) is 2.79. The molecule has 1 heterocycles. The molecule has 122 valence electrons. The largest absolute Gasteiger partial charge is 0.383 e. The van der Waals surface area contributed by atoms with Crippen LogP contribution in [0.5, 0.6) is 0 Å². The molecule has 1 rings (SSSR count). The van der Waals surface area contributed by atoms with Gasteiger partial charge in [0, 0.05) is 31.6 Å². The average molecular weight is 399 g/mol. The van der Waals surface area contributed by atoms with Gasteiger partial charge in [0.1, 0.15) is 4.90 Å². The molecule has 0 aromatic carbocycles. The number of methoxy groups -OCH3 is 1. The highest BCUT2D eigenvalue weighted by molar-refractivity contribution is 9.11. The minimum absolute atomic E-state index is 0.255. The minimum Gasteiger partial charge on any atom is -0.383 e. The highest BCUT2D eigenvalue weighted by Gasteiger charge is 2.28. The number of hydrogen-bond acceptors (Lipinski definition) is 5. The van der Waals surface area contributed by atoms with Gasteiger partial charge in [0.25, 0.3) is 0 Å². The molecule has 0 radical (unpaired) electrons. The van der Waals surface area contributed by atoms with E-state index in [0.717, 1.165) is 4.88 Å². The van der Waals surface area contributed by atoms with Crippen molar-refractivity contribution in [2.75, 3.05) is 33.9 Å². The Morgan fingerprint density at radius 2 is 2.14 bits per heavy atom. The van der Waals surface area contributed by atoms with Crippen molar-refractivity contribution in [3.05, 3.63) is 14.7 Å². The van der Waals surface area contributed by atoms with Crippen molar-refractivity contribution in [3.8, 4) is 0 Å². The van der Waals surface area contributed by atoms with Crippen LogP contribution < -0.4 is 5.32 Å². The maximum atomic E-state index is 12.8. The molecular weight excluding hydrogens is 376 g/mol. The van der Waals surface area contributed by atoms with Gasteiger partial charge < -0.3 is 10.1 Å². The standard InChI is InChI=1S/C13H23BrN2O3S2/c1-10(2)9-16(5-6-19-4)21(17,18)12-7-11(8-15-3)20-13(12)14/h7,10,15H,5-6,8-9H2,1-4H3. The van der Waals surface area contributed by atoms with Crippen LogP contribution in [-0.4, -0.2) is 46.6 Å². The fourth-order valence-corrected chi connectivity index (χ4v) is 6.12. The number of halogens is 1. The molecule has 8 heteroatoms. The molecule has 0 aliphatic heterocycles. The number of thiophene rings is 1. The molecule has 0 unspecified atom stereocenters. The summed E-state index contributed by atoms with van der Waals surface area (Å²) in [6, 6.07) is 1.74. The van der Waals surface area contributed by atoms with E-state index >= 15 is 0 Å². The molecule has 0 aliphatic rings. The third-order valence-corrected chi connectivity index (χ3v) is 6.91. The van der Waals surface area contributed by atoms with Gasteiger partial charge in [-0.25, -0.2) is 8.42 Å². The Kier molecular flexibility index (Phi) is 7.80. The van der Waals surface area contributed by atoms with E-state index in [0.29, 0.717) is 34.9 Å². The SMILES string of the molecule is CNCc1cc(S(=O)(=O)N(CCOC)CC(C)C)c(Br)s1. The molecule has 1 aromatic rings. The number of sulfonamides is 1. The molecule has 0 bridgehead atoms. The van der Waals surface area contributed by atoms with Crippen LogP contribution in [0.25, 0.3) is 0 Å². The van der Waals surface area contributed by atoms with Crippen LogP contribution in [0.1, 0.15) is 18.7 Å². The van der Waals surface area contributed by atoms with Crippen LogP contribution in [0.2, 0.25) is 0 Å². The second kappa shape index (κ2) is 8.59. The summed E-state index contributed by atoms with van der Waals surface area (Å²) in [5.74, 6) is 0.255. The minimum atomic E-state index is -3.51. The zero-order chi connectivity index (χ0) is 16.0. The first kappa shape index (κ1) is 19.1. The molecule has 0 atom stereocenters. The van der Waals surface area contributed by atoms with Crippen LogP contribution in [-0.2, 0) is 21.3 Å². The summed E-state index contributed by atoms with van der Waals surface area (Å²) >= 11 is 4.82. The van der Waals surface area contributed by atoms with Crippen LogP contribution in [0, 0.1) is 5.92 Å². The highest BCUT2D eigenvalue weighted by Crippen LogP contribution is 2.33. The van der Waals surface area contributed by atoms with E-state index in [1.807, 2.05) is 20.9 Å². The molecule has 5 nitrogen and oxygen atoms in total. The van der Waals surface area contributed by atoms with Crippen molar-refractivity contribution in [2.24, 2.45) is 5.92 Å². The lowest BCUT2D eigenvalue weighted by molar-refractivity contribution is 0.175. The summed E-state index contributed by atoms with van der Waals surface area (Å²) in [6.07, 6.45) is 0. The molecule has 0 aliphatic carbocycles.